The summed E-state index contributed by atoms with van der Waals surface area (Å²) < 4.78 is 1.74. The predicted octanol–water partition coefficient (Wildman–Crippen LogP) is 4.05. The number of ketones is 1. The Kier molecular flexibility index (Phi) is 6.95. The molecule has 6 nitrogen and oxygen atoms in total. The first-order valence-electron chi connectivity index (χ1n) is 9.84. The monoisotopic (exact) mass is 423 g/mol. The van der Waals surface area contributed by atoms with Crippen LogP contribution in [0.1, 0.15) is 24.2 Å². The highest BCUT2D eigenvalue weighted by Crippen LogP contribution is 2.26. The molecule has 156 valence electrons. The molecule has 2 amide bonds. The standard InChI is InChI=1S/C23H25N3O3S/c1-4-25(5-2)21(27)15-26-14-17(16-10-6-8-12-19(16)26)22(28)23(29)24-18-11-7-9-13-20(18)30-3/h6-14H,4-5,15H2,1-3H3,(H,24,29). The molecule has 1 aromatic heterocycles. The number of thioether (sulfide) groups is 1. The number of likely N-dealkylation sites (N-methyl/N-ethyl adjacent to an activating group) is 1. The lowest BCUT2D eigenvalue weighted by molar-refractivity contribution is -0.131. The fourth-order valence-corrected chi connectivity index (χ4v) is 3.98. The van der Waals surface area contributed by atoms with Gasteiger partial charge in [0.05, 0.1) is 11.3 Å². The lowest BCUT2D eigenvalue weighted by Crippen LogP contribution is -2.33. The van der Waals surface area contributed by atoms with Gasteiger partial charge in [-0.1, -0.05) is 30.3 Å². The third kappa shape index (κ3) is 4.41. The number of fused-ring (bicyclic) bond motifs is 1. The molecule has 7 heteroatoms. The van der Waals surface area contributed by atoms with Crippen molar-refractivity contribution in [3.8, 4) is 0 Å². The predicted molar refractivity (Wildman–Crippen MR) is 121 cm³/mol. The summed E-state index contributed by atoms with van der Waals surface area (Å²) in [5.74, 6) is -1.36. The van der Waals surface area contributed by atoms with Crippen molar-refractivity contribution in [1.29, 1.82) is 0 Å². The zero-order valence-corrected chi connectivity index (χ0v) is 18.2. The van der Waals surface area contributed by atoms with Crippen molar-refractivity contribution in [1.82, 2.24) is 9.47 Å². The van der Waals surface area contributed by atoms with Crippen LogP contribution >= 0.6 is 11.8 Å². The summed E-state index contributed by atoms with van der Waals surface area (Å²) >= 11 is 1.49. The van der Waals surface area contributed by atoms with Crippen LogP contribution in [0.3, 0.4) is 0 Å². The van der Waals surface area contributed by atoms with Gasteiger partial charge in [0.15, 0.2) is 0 Å². The topological polar surface area (TPSA) is 71.4 Å². The molecule has 0 aliphatic carbocycles. The Morgan fingerprint density at radius 1 is 1.00 bits per heavy atom. The van der Waals surface area contributed by atoms with E-state index in [4.69, 9.17) is 0 Å². The molecule has 2 aromatic carbocycles. The Morgan fingerprint density at radius 3 is 2.37 bits per heavy atom. The van der Waals surface area contributed by atoms with Gasteiger partial charge in [0.25, 0.3) is 11.7 Å². The fraction of sp³-hybridized carbons (Fsp3) is 0.261. The number of hydrogen-bond donors (Lipinski definition) is 1. The molecule has 0 aliphatic rings. The van der Waals surface area contributed by atoms with E-state index in [2.05, 4.69) is 5.32 Å². The SMILES string of the molecule is CCN(CC)C(=O)Cn1cc(C(=O)C(=O)Nc2ccccc2SC)c2ccccc21. The first-order chi connectivity index (χ1) is 14.5. The average molecular weight is 424 g/mol. The molecule has 0 bridgehead atoms. The molecule has 3 aromatic rings. The van der Waals surface area contributed by atoms with Crippen LogP contribution in [0.25, 0.3) is 10.9 Å². The molecular formula is C23H25N3O3S. The first kappa shape index (κ1) is 21.6. The van der Waals surface area contributed by atoms with Crippen molar-refractivity contribution < 1.29 is 14.4 Å². The van der Waals surface area contributed by atoms with Crippen LogP contribution < -0.4 is 5.32 Å². The van der Waals surface area contributed by atoms with Crippen LogP contribution in [0.4, 0.5) is 5.69 Å². The second-order valence-corrected chi connectivity index (χ2v) is 7.59. The minimum absolute atomic E-state index is 0.0295. The van der Waals surface area contributed by atoms with Gasteiger partial charge in [0, 0.05) is 35.1 Å². The molecular weight excluding hydrogens is 398 g/mol. The summed E-state index contributed by atoms with van der Waals surface area (Å²) in [6.07, 6.45) is 3.52. The van der Waals surface area contributed by atoms with Crippen LogP contribution in [0.15, 0.2) is 59.6 Å². The highest BCUT2D eigenvalue weighted by atomic mass is 32.2. The van der Waals surface area contributed by atoms with Crippen molar-refractivity contribution in [2.75, 3.05) is 24.7 Å². The fourth-order valence-electron chi connectivity index (χ4n) is 3.43. The van der Waals surface area contributed by atoms with Gasteiger partial charge >= 0.3 is 0 Å². The van der Waals surface area contributed by atoms with Gasteiger partial charge in [-0.2, -0.15) is 0 Å². The first-order valence-corrected chi connectivity index (χ1v) is 11.1. The molecule has 0 saturated heterocycles. The Bertz CT molecular complexity index is 1090. The van der Waals surface area contributed by atoms with Crippen LogP contribution in [0, 0.1) is 0 Å². The maximum Gasteiger partial charge on any atom is 0.296 e. The summed E-state index contributed by atoms with van der Waals surface area (Å²) in [5.41, 5.74) is 1.64. The van der Waals surface area contributed by atoms with Crippen molar-refractivity contribution in [3.05, 3.63) is 60.3 Å². The molecule has 30 heavy (non-hydrogen) atoms. The molecule has 0 atom stereocenters. The van der Waals surface area contributed by atoms with Gasteiger partial charge in [-0.15, -0.1) is 11.8 Å². The minimum atomic E-state index is -0.700. The lowest BCUT2D eigenvalue weighted by Gasteiger charge is -2.19. The van der Waals surface area contributed by atoms with E-state index in [0.717, 1.165) is 10.4 Å². The van der Waals surface area contributed by atoms with Gasteiger partial charge in [0.1, 0.15) is 6.54 Å². The molecule has 0 unspecified atom stereocenters. The van der Waals surface area contributed by atoms with Crippen molar-refractivity contribution >= 4 is 45.9 Å². The van der Waals surface area contributed by atoms with E-state index in [-0.39, 0.29) is 18.0 Å². The van der Waals surface area contributed by atoms with E-state index in [1.54, 1.807) is 27.8 Å². The zero-order chi connectivity index (χ0) is 21.7. The van der Waals surface area contributed by atoms with E-state index in [1.165, 1.54) is 11.8 Å². The van der Waals surface area contributed by atoms with E-state index in [0.29, 0.717) is 24.2 Å². The number of anilines is 1. The van der Waals surface area contributed by atoms with Crippen molar-refractivity contribution in [2.24, 2.45) is 0 Å². The molecule has 0 saturated carbocycles. The maximum absolute atomic E-state index is 13.0. The van der Waals surface area contributed by atoms with Gasteiger partial charge in [0.2, 0.25) is 5.91 Å². The third-order valence-corrected chi connectivity index (χ3v) is 5.81. The number of nitrogens with one attached hydrogen (secondary N) is 1. The Morgan fingerprint density at radius 2 is 1.67 bits per heavy atom. The number of benzene rings is 2. The summed E-state index contributed by atoms with van der Waals surface area (Å²) in [6.45, 7) is 5.23. The van der Waals surface area contributed by atoms with Gasteiger partial charge in [-0.05, 0) is 38.3 Å². The highest BCUT2D eigenvalue weighted by Gasteiger charge is 2.23. The number of para-hydroxylation sites is 2. The molecule has 1 heterocycles. The quantitative estimate of drug-likeness (QED) is 0.337. The van der Waals surface area contributed by atoms with Crippen molar-refractivity contribution in [2.45, 2.75) is 25.3 Å². The molecule has 0 spiro atoms. The number of carbonyl (C=O) groups is 3. The largest absolute Gasteiger partial charge is 0.342 e. The van der Waals surface area contributed by atoms with Gasteiger partial charge in [-0.25, -0.2) is 0 Å². The highest BCUT2D eigenvalue weighted by molar-refractivity contribution is 7.98. The smallest absolute Gasteiger partial charge is 0.296 e. The number of nitrogens with zero attached hydrogens (tertiary/aromatic N) is 2. The minimum Gasteiger partial charge on any atom is -0.342 e. The Hall–Kier alpha value is -3.06. The summed E-state index contributed by atoms with van der Waals surface area (Å²) in [7, 11) is 0. The number of amides is 2. The average Bonchev–Trinajstić information content (AvgIpc) is 3.12. The van der Waals surface area contributed by atoms with Gasteiger partial charge < -0.3 is 14.8 Å². The number of carbonyl (C=O) groups excluding carboxylic acids is 3. The maximum atomic E-state index is 13.0. The molecule has 0 radical (unpaired) electrons. The third-order valence-electron chi connectivity index (χ3n) is 5.02. The number of aromatic nitrogens is 1. The number of Topliss-reactive ketones (excluding diaryl/α,β-unsaturated/α-hetero) is 1. The summed E-state index contributed by atoms with van der Waals surface area (Å²) in [4.78, 5) is 40.9. The van der Waals surface area contributed by atoms with Crippen LogP contribution in [0.5, 0.6) is 0 Å². The second kappa shape index (κ2) is 9.63. The normalized spacial score (nSPS) is 10.8. The van der Waals surface area contributed by atoms with E-state index >= 15 is 0 Å². The van der Waals surface area contributed by atoms with Gasteiger partial charge in [-0.3, -0.25) is 14.4 Å². The number of rotatable bonds is 8. The van der Waals surface area contributed by atoms with Crippen molar-refractivity contribution in [3.63, 3.8) is 0 Å². The molecule has 1 N–H and O–H groups in total. The van der Waals surface area contributed by atoms with Crippen LogP contribution in [0.2, 0.25) is 0 Å². The second-order valence-electron chi connectivity index (χ2n) is 6.74. The summed E-state index contributed by atoms with van der Waals surface area (Å²) in [6, 6.07) is 14.7. The van der Waals surface area contributed by atoms with Crippen LogP contribution in [-0.4, -0.2) is 46.4 Å². The molecule has 3 rings (SSSR count). The summed E-state index contributed by atoms with van der Waals surface area (Å²) in [5, 5.41) is 3.37. The zero-order valence-electron chi connectivity index (χ0n) is 17.3. The van der Waals surface area contributed by atoms with Crippen LogP contribution in [-0.2, 0) is 16.1 Å². The van der Waals surface area contributed by atoms with E-state index < -0.39 is 11.7 Å². The Balaban J connectivity index is 1.91. The van der Waals surface area contributed by atoms with E-state index in [1.807, 2.05) is 56.5 Å². The van der Waals surface area contributed by atoms with E-state index in [9.17, 15) is 14.4 Å². The number of hydrogen-bond acceptors (Lipinski definition) is 4. The molecule has 0 fully saturated rings. The molecule has 0 aliphatic heterocycles. The Labute approximate surface area is 180 Å². The lowest BCUT2D eigenvalue weighted by atomic mass is 10.1.